The minimum atomic E-state index is -0.637. The van der Waals surface area contributed by atoms with Crippen LogP contribution in [0.15, 0.2) is 28.8 Å². The van der Waals surface area contributed by atoms with Crippen LogP contribution in [0.2, 0.25) is 5.02 Å². The predicted molar refractivity (Wildman–Crippen MR) is 102 cm³/mol. The van der Waals surface area contributed by atoms with Gasteiger partial charge in [-0.3, -0.25) is 9.69 Å². The maximum atomic E-state index is 12.7. The molecule has 1 aliphatic carbocycles. The van der Waals surface area contributed by atoms with Crippen molar-refractivity contribution in [3.63, 3.8) is 0 Å². The van der Waals surface area contributed by atoms with Gasteiger partial charge in [0.15, 0.2) is 0 Å². The van der Waals surface area contributed by atoms with Gasteiger partial charge in [0.1, 0.15) is 0 Å². The van der Waals surface area contributed by atoms with E-state index in [1.807, 2.05) is 17.0 Å². The Hall–Kier alpha value is -1.96. The SMILES string of the molecule is NC1(C(=O)N2CCN(Cc3nc(-c4ccc(Cl)cc4)no3)CC2)CCCC1. The first-order valence-corrected chi connectivity index (χ1v) is 9.80. The molecule has 2 aromatic rings. The van der Waals surface area contributed by atoms with Gasteiger partial charge in [-0.25, -0.2) is 0 Å². The van der Waals surface area contributed by atoms with E-state index in [0.717, 1.165) is 44.3 Å². The van der Waals surface area contributed by atoms with Crippen molar-refractivity contribution >= 4 is 17.5 Å². The van der Waals surface area contributed by atoms with Gasteiger partial charge < -0.3 is 15.2 Å². The molecule has 2 fully saturated rings. The molecule has 0 bridgehead atoms. The minimum absolute atomic E-state index is 0.113. The molecule has 7 nitrogen and oxygen atoms in total. The van der Waals surface area contributed by atoms with Crippen molar-refractivity contribution < 1.29 is 9.32 Å². The van der Waals surface area contributed by atoms with Crippen LogP contribution in [0.5, 0.6) is 0 Å². The molecule has 27 heavy (non-hydrogen) atoms. The number of benzene rings is 1. The molecule has 8 heteroatoms. The molecule has 0 spiro atoms. The largest absolute Gasteiger partial charge is 0.339 e. The van der Waals surface area contributed by atoms with Gasteiger partial charge in [0.2, 0.25) is 17.6 Å². The predicted octanol–water partition coefficient (Wildman–Crippen LogP) is 2.31. The van der Waals surface area contributed by atoms with E-state index in [-0.39, 0.29) is 5.91 Å². The Bertz CT molecular complexity index is 793. The van der Waals surface area contributed by atoms with Gasteiger partial charge in [0.05, 0.1) is 12.1 Å². The fraction of sp³-hybridized carbons (Fsp3) is 0.526. The van der Waals surface area contributed by atoms with Crippen LogP contribution in [0.1, 0.15) is 31.6 Å². The molecule has 1 amide bonds. The third-order valence-corrected chi connectivity index (χ3v) is 5.76. The summed E-state index contributed by atoms with van der Waals surface area (Å²) in [6.07, 6.45) is 3.72. The highest BCUT2D eigenvalue weighted by atomic mass is 35.5. The maximum absolute atomic E-state index is 12.7. The molecule has 2 heterocycles. The van der Waals surface area contributed by atoms with Crippen LogP contribution in [0.4, 0.5) is 0 Å². The van der Waals surface area contributed by atoms with Crippen molar-refractivity contribution in [2.75, 3.05) is 26.2 Å². The maximum Gasteiger partial charge on any atom is 0.242 e. The summed E-state index contributed by atoms with van der Waals surface area (Å²) in [6, 6.07) is 7.34. The van der Waals surface area contributed by atoms with Crippen LogP contribution in [0.25, 0.3) is 11.4 Å². The molecular weight excluding hydrogens is 366 g/mol. The Morgan fingerprint density at radius 1 is 1.15 bits per heavy atom. The summed E-state index contributed by atoms with van der Waals surface area (Å²) >= 11 is 5.91. The van der Waals surface area contributed by atoms with Crippen molar-refractivity contribution in [3.05, 3.63) is 35.2 Å². The van der Waals surface area contributed by atoms with Gasteiger partial charge in [-0.2, -0.15) is 4.98 Å². The summed E-state index contributed by atoms with van der Waals surface area (Å²) in [5.74, 6) is 1.25. The van der Waals surface area contributed by atoms with E-state index in [4.69, 9.17) is 21.9 Å². The first-order valence-electron chi connectivity index (χ1n) is 9.43. The van der Waals surface area contributed by atoms with Gasteiger partial charge in [0, 0.05) is 36.8 Å². The molecule has 1 saturated carbocycles. The number of halogens is 1. The van der Waals surface area contributed by atoms with E-state index < -0.39 is 5.54 Å². The standard InChI is InChI=1S/C19H24ClN5O2/c20-15-5-3-14(4-6-15)17-22-16(27-23-17)13-24-9-11-25(12-10-24)18(26)19(21)7-1-2-8-19/h3-6H,1-2,7-13,21H2. The number of piperazine rings is 1. The van der Waals surface area contributed by atoms with Crippen molar-refractivity contribution in [1.29, 1.82) is 0 Å². The molecule has 1 aromatic carbocycles. The summed E-state index contributed by atoms with van der Waals surface area (Å²) in [6.45, 7) is 3.52. The number of aromatic nitrogens is 2. The quantitative estimate of drug-likeness (QED) is 0.863. The van der Waals surface area contributed by atoms with Crippen LogP contribution in [0, 0.1) is 0 Å². The second kappa shape index (κ2) is 7.58. The Morgan fingerprint density at radius 2 is 1.81 bits per heavy atom. The van der Waals surface area contributed by atoms with E-state index in [1.165, 1.54) is 0 Å². The topological polar surface area (TPSA) is 88.5 Å². The summed E-state index contributed by atoms with van der Waals surface area (Å²) in [4.78, 5) is 21.3. The van der Waals surface area contributed by atoms with Gasteiger partial charge in [0.25, 0.3) is 0 Å². The number of hydrogen-bond acceptors (Lipinski definition) is 6. The van der Waals surface area contributed by atoms with Gasteiger partial charge >= 0.3 is 0 Å². The highest BCUT2D eigenvalue weighted by Crippen LogP contribution is 2.29. The van der Waals surface area contributed by atoms with E-state index in [9.17, 15) is 4.79 Å². The lowest BCUT2D eigenvalue weighted by Gasteiger charge is -2.38. The average Bonchev–Trinajstić information content (AvgIpc) is 3.32. The van der Waals surface area contributed by atoms with E-state index in [0.29, 0.717) is 36.4 Å². The number of carbonyl (C=O) groups excluding carboxylic acids is 1. The highest BCUT2D eigenvalue weighted by molar-refractivity contribution is 6.30. The van der Waals surface area contributed by atoms with Crippen LogP contribution in [-0.2, 0) is 11.3 Å². The normalized spacial score (nSPS) is 20.1. The fourth-order valence-electron chi connectivity index (χ4n) is 3.87. The fourth-order valence-corrected chi connectivity index (χ4v) is 4.00. The monoisotopic (exact) mass is 389 g/mol. The van der Waals surface area contributed by atoms with Crippen molar-refractivity contribution in [2.45, 2.75) is 37.8 Å². The second-order valence-electron chi connectivity index (χ2n) is 7.45. The molecule has 0 unspecified atom stereocenters. The van der Waals surface area contributed by atoms with Gasteiger partial charge in [-0.15, -0.1) is 0 Å². The number of nitrogens with two attached hydrogens (primary N) is 1. The second-order valence-corrected chi connectivity index (χ2v) is 7.89. The number of amides is 1. The van der Waals surface area contributed by atoms with E-state index >= 15 is 0 Å². The Kier molecular flexibility index (Phi) is 5.16. The molecular formula is C19H24ClN5O2. The van der Waals surface area contributed by atoms with Crippen molar-refractivity contribution in [2.24, 2.45) is 5.73 Å². The summed E-state index contributed by atoms with van der Waals surface area (Å²) < 4.78 is 5.39. The number of hydrogen-bond donors (Lipinski definition) is 1. The molecule has 2 N–H and O–H groups in total. The molecule has 0 atom stereocenters. The lowest BCUT2D eigenvalue weighted by atomic mass is 9.97. The number of rotatable bonds is 4. The summed E-state index contributed by atoms with van der Waals surface area (Å²) in [5.41, 5.74) is 6.55. The molecule has 1 saturated heterocycles. The number of carbonyl (C=O) groups is 1. The average molecular weight is 390 g/mol. The zero-order valence-corrected chi connectivity index (χ0v) is 16.0. The first kappa shape index (κ1) is 18.4. The first-order chi connectivity index (χ1) is 13.0. The van der Waals surface area contributed by atoms with Crippen LogP contribution >= 0.6 is 11.6 Å². The molecule has 2 aliphatic rings. The van der Waals surface area contributed by atoms with E-state index in [2.05, 4.69) is 15.0 Å². The van der Waals surface area contributed by atoms with Gasteiger partial charge in [-0.1, -0.05) is 29.6 Å². The molecule has 1 aliphatic heterocycles. The molecule has 4 rings (SSSR count). The Balaban J connectivity index is 1.32. The minimum Gasteiger partial charge on any atom is -0.339 e. The Labute approximate surface area is 163 Å². The van der Waals surface area contributed by atoms with Gasteiger partial charge in [-0.05, 0) is 37.1 Å². The van der Waals surface area contributed by atoms with Crippen LogP contribution in [0.3, 0.4) is 0 Å². The molecule has 1 aromatic heterocycles. The lowest BCUT2D eigenvalue weighted by Crippen LogP contribution is -2.58. The summed E-state index contributed by atoms with van der Waals surface area (Å²) in [5, 5.41) is 4.72. The Morgan fingerprint density at radius 3 is 2.48 bits per heavy atom. The number of nitrogens with zero attached hydrogens (tertiary/aromatic N) is 4. The highest BCUT2D eigenvalue weighted by Gasteiger charge is 2.40. The van der Waals surface area contributed by atoms with Crippen LogP contribution < -0.4 is 5.73 Å². The van der Waals surface area contributed by atoms with Crippen molar-refractivity contribution in [1.82, 2.24) is 19.9 Å². The third kappa shape index (κ3) is 4.00. The zero-order valence-electron chi connectivity index (χ0n) is 15.2. The van der Waals surface area contributed by atoms with Crippen molar-refractivity contribution in [3.8, 4) is 11.4 Å². The van der Waals surface area contributed by atoms with E-state index in [1.54, 1.807) is 12.1 Å². The molecule has 0 radical (unpaired) electrons. The third-order valence-electron chi connectivity index (χ3n) is 5.51. The smallest absolute Gasteiger partial charge is 0.242 e. The van der Waals surface area contributed by atoms with Crippen LogP contribution in [-0.4, -0.2) is 57.6 Å². The summed E-state index contributed by atoms with van der Waals surface area (Å²) in [7, 11) is 0. The lowest BCUT2D eigenvalue weighted by molar-refractivity contribution is -0.138. The molecule has 144 valence electrons. The zero-order chi connectivity index (χ0) is 18.9.